The highest BCUT2D eigenvalue weighted by Gasteiger charge is 2.18. The van der Waals surface area contributed by atoms with Crippen molar-refractivity contribution in [2.45, 2.75) is 6.92 Å². The second kappa shape index (κ2) is 7.37. The van der Waals surface area contributed by atoms with Crippen LogP contribution in [0.5, 0.6) is 11.5 Å². The molecule has 0 heterocycles. The lowest BCUT2D eigenvalue weighted by atomic mass is 10.2. The summed E-state index contributed by atoms with van der Waals surface area (Å²) in [7, 11) is 3.07. The van der Waals surface area contributed by atoms with E-state index in [0.717, 1.165) is 0 Å². The Morgan fingerprint density at radius 1 is 1.30 bits per heavy atom. The first kappa shape index (κ1) is 15.8. The molecule has 0 fully saturated rings. The number of likely N-dealkylation sites (N-methyl/N-ethyl adjacent to an activating group) is 1. The molecule has 0 saturated heterocycles. The molecule has 6 heteroatoms. The highest BCUT2D eigenvalue weighted by Crippen LogP contribution is 2.25. The van der Waals surface area contributed by atoms with Crippen molar-refractivity contribution in [2.24, 2.45) is 5.92 Å². The molecule has 0 radical (unpaired) electrons. The summed E-state index contributed by atoms with van der Waals surface area (Å²) >= 11 is 0. The van der Waals surface area contributed by atoms with Crippen LogP contribution in [0.3, 0.4) is 0 Å². The van der Waals surface area contributed by atoms with Gasteiger partial charge in [-0.3, -0.25) is 9.59 Å². The smallest absolute Gasteiger partial charge is 0.308 e. The Hall–Kier alpha value is -2.24. The van der Waals surface area contributed by atoms with Crippen LogP contribution in [-0.4, -0.2) is 49.2 Å². The number of rotatable bonds is 7. The number of carbonyl (C=O) groups excluding carboxylic acids is 1. The highest BCUT2D eigenvalue weighted by atomic mass is 16.5. The summed E-state index contributed by atoms with van der Waals surface area (Å²) in [6, 6.07) is 7.01. The molecule has 0 aromatic heterocycles. The van der Waals surface area contributed by atoms with Crippen molar-refractivity contribution in [1.29, 1.82) is 0 Å². The molecule has 0 saturated carbocycles. The van der Waals surface area contributed by atoms with Gasteiger partial charge in [0.15, 0.2) is 18.1 Å². The maximum Gasteiger partial charge on any atom is 0.308 e. The summed E-state index contributed by atoms with van der Waals surface area (Å²) < 4.78 is 10.5. The zero-order chi connectivity index (χ0) is 15.1. The number of carboxylic acids is 1. The third-order valence-electron chi connectivity index (χ3n) is 2.82. The molecule has 20 heavy (non-hydrogen) atoms. The van der Waals surface area contributed by atoms with E-state index in [9.17, 15) is 9.59 Å². The Labute approximate surface area is 117 Å². The van der Waals surface area contributed by atoms with E-state index in [1.807, 2.05) is 0 Å². The predicted molar refractivity (Wildman–Crippen MR) is 72.9 cm³/mol. The zero-order valence-electron chi connectivity index (χ0n) is 11.8. The topological polar surface area (TPSA) is 76.1 Å². The van der Waals surface area contributed by atoms with Gasteiger partial charge in [-0.25, -0.2) is 0 Å². The van der Waals surface area contributed by atoms with Crippen molar-refractivity contribution in [2.75, 3.05) is 27.3 Å². The molecule has 1 aromatic rings. The average molecular weight is 281 g/mol. The van der Waals surface area contributed by atoms with Crippen molar-refractivity contribution in [1.82, 2.24) is 4.90 Å². The summed E-state index contributed by atoms with van der Waals surface area (Å²) in [5.74, 6) is -0.820. The number of hydrogen-bond donors (Lipinski definition) is 1. The standard InChI is InChI=1S/C14H19NO5/c1-10(14(17)18)8-15(2)13(16)9-20-12-7-5-4-6-11(12)19-3/h4-7,10H,8-9H2,1-3H3,(H,17,18). The quantitative estimate of drug-likeness (QED) is 0.814. The SMILES string of the molecule is COc1ccccc1OCC(=O)N(C)CC(C)C(=O)O. The van der Waals surface area contributed by atoms with Crippen molar-refractivity contribution in [3.05, 3.63) is 24.3 Å². The van der Waals surface area contributed by atoms with E-state index in [0.29, 0.717) is 11.5 Å². The molecule has 0 bridgehead atoms. The van der Waals surface area contributed by atoms with E-state index in [4.69, 9.17) is 14.6 Å². The molecule has 1 N–H and O–H groups in total. The van der Waals surface area contributed by atoms with Crippen LogP contribution in [0.25, 0.3) is 0 Å². The number of aliphatic carboxylic acids is 1. The Morgan fingerprint density at radius 2 is 1.90 bits per heavy atom. The van der Waals surface area contributed by atoms with Crippen LogP contribution >= 0.6 is 0 Å². The first-order valence-corrected chi connectivity index (χ1v) is 6.18. The van der Waals surface area contributed by atoms with Gasteiger partial charge in [0.25, 0.3) is 5.91 Å². The number of carbonyl (C=O) groups is 2. The highest BCUT2D eigenvalue weighted by molar-refractivity contribution is 5.78. The maximum atomic E-state index is 11.8. The van der Waals surface area contributed by atoms with Gasteiger partial charge in [0.2, 0.25) is 0 Å². The Bertz CT molecular complexity index is 474. The largest absolute Gasteiger partial charge is 0.493 e. The fourth-order valence-corrected chi connectivity index (χ4v) is 1.58. The molecule has 0 aliphatic rings. The van der Waals surface area contributed by atoms with E-state index >= 15 is 0 Å². The van der Waals surface area contributed by atoms with Gasteiger partial charge in [-0.15, -0.1) is 0 Å². The number of hydrogen-bond acceptors (Lipinski definition) is 4. The van der Waals surface area contributed by atoms with Gasteiger partial charge < -0.3 is 19.5 Å². The number of methoxy groups -OCH3 is 1. The average Bonchev–Trinajstić information content (AvgIpc) is 2.44. The first-order chi connectivity index (χ1) is 9.45. The third-order valence-corrected chi connectivity index (χ3v) is 2.82. The van der Waals surface area contributed by atoms with E-state index in [2.05, 4.69) is 0 Å². The van der Waals surface area contributed by atoms with Gasteiger partial charge in [0, 0.05) is 13.6 Å². The van der Waals surface area contributed by atoms with Gasteiger partial charge in [-0.2, -0.15) is 0 Å². The van der Waals surface area contributed by atoms with E-state index in [1.165, 1.54) is 12.0 Å². The summed E-state index contributed by atoms with van der Waals surface area (Å²) in [5.41, 5.74) is 0. The van der Waals surface area contributed by atoms with E-state index in [-0.39, 0.29) is 19.1 Å². The summed E-state index contributed by atoms with van der Waals surface area (Å²) in [6.45, 7) is 1.53. The normalized spacial score (nSPS) is 11.6. The Morgan fingerprint density at radius 3 is 2.45 bits per heavy atom. The zero-order valence-corrected chi connectivity index (χ0v) is 11.8. The third kappa shape index (κ3) is 4.46. The van der Waals surface area contributed by atoms with Crippen LogP contribution in [0, 0.1) is 5.92 Å². The van der Waals surface area contributed by atoms with Crippen molar-refractivity contribution >= 4 is 11.9 Å². The van der Waals surface area contributed by atoms with E-state index < -0.39 is 11.9 Å². The molecule has 1 atom stereocenters. The summed E-state index contributed by atoms with van der Waals surface area (Å²) in [5, 5.41) is 8.80. The first-order valence-electron chi connectivity index (χ1n) is 6.18. The molecule has 0 aliphatic heterocycles. The van der Waals surface area contributed by atoms with Crippen LogP contribution in [0.2, 0.25) is 0 Å². The second-order valence-corrected chi connectivity index (χ2v) is 4.45. The molecular formula is C14H19NO5. The molecule has 1 amide bonds. The lowest BCUT2D eigenvalue weighted by Crippen LogP contribution is -2.36. The van der Waals surface area contributed by atoms with E-state index in [1.54, 1.807) is 38.2 Å². The number of carboxylic acid groups (broad SMARTS) is 1. The molecule has 1 unspecified atom stereocenters. The van der Waals surface area contributed by atoms with Gasteiger partial charge in [-0.05, 0) is 12.1 Å². The number of para-hydroxylation sites is 2. The maximum absolute atomic E-state index is 11.8. The fourth-order valence-electron chi connectivity index (χ4n) is 1.58. The van der Waals surface area contributed by atoms with Crippen molar-refractivity contribution in [3.63, 3.8) is 0 Å². The molecule has 110 valence electrons. The number of benzene rings is 1. The number of ether oxygens (including phenoxy) is 2. The van der Waals surface area contributed by atoms with Crippen molar-refractivity contribution < 1.29 is 24.2 Å². The van der Waals surface area contributed by atoms with Crippen LogP contribution < -0.4 is 9.47 Å². The van der Waals surface area contributed by atoms with Crippen LogP contribution in [0.1, 0.15) is 6.92 Å². The van der Waals surface area contributed by atoms with Gasteiger partial charge in [0.1, 0.15) is 0 Å². The minimum absolute atomic E-state index is 0.142. The number of amides is 1. The van der Waals surface area contributed by atoms with Gasteiger partial charge >= 0.3 is 5.97 Å². The second-order valence-electron chi connectivity index (χ2n) is 4.45. The molecule has 6 nitrogen and oxygen atoms in total. The molecule has 1 aromatic carbocycles. The van der Waals surface area contributed by atoms with Crippen LogP contribution in [-0.2, 0) is 9.59 Å². The molecule has 0 spiro atoms. The number of nitrogens with zero attached hydrogens (tertiary/aromatic N) is 1. The monoisotopic (exact) mass is 281 g/mol. The minimum atomic E-state index is -0.935. The summed E-state index contributed by atoms with van der Waals surface area (Å²) in [4.78, 5) is 23.9. The molecule has 1 rings (SSSR count). The summed E-state index contributed by atoms with van der Waals surface area (Å²) in [6.07, 6.45) is 0. The van der Waals surface area contributed by atoms with Gasteiger partial charge in [-0.1, -0.05) is 19.1 Å². The molecular weight excluding hydrogens is 262 g/mol. The Balaban J connectivity index is 2.52. The predicted octanol–water partition coefficient (Wildman–Crippen LogP) is 1.25. The Kier molecular flexibility index (Phi) is 5.83. The fraction of sp³-hybridized carbons (Fsp3) is 0.429. The molecule has 0 aliphatic carbocycles. The lowest BCUT2D eigenvalue weighted by Gasteiger charge is -2.19. The minimum Gasteiger partial charge on any atom is -0.493 e. The van der Waals surface area contributed by atoms with Gasteiger partial charge in [0.05, 0.1) is 13.0 Å². The lowest BCUT2D eigenvalue weighted by molar-refractivity contribution is -0.143. The van der Waals surface area contributed by atoms with Crippen LogP contribution in [0.15, 0.2) is 24.3 Å². The van der Waals surface area contributed by atoms with Crippen molar-refractivity contribution in [3.8, 4) is 11.5 Å². The van der Waals surface area contributed by atoms with Crippen LogP contribution in [0.4, 0.5) is 0 Å².